The van der Waals surface area contributed by atoms with Gasteiger partial charge in [-0.05, 0) is 25.0 Å². The lowest BCUT2D eigenvalue weighted by Crippen LogP contribution is -2.46. The van der Waals surface area contributed by atoms with Crippen molar-refractivity contribution in [2.75, 3.05) is 6.54 Å². The number of rotatable bonds is 4. The minimum atomic E-state index is -1.27. The lowest BCUT2D eigenvalue weighted by atomic mass is 9.82. The fraction of sp³-hybridized carbons (Fsp3) is 0.263. The van der Waals surface area contributed by atoms with E-state index in [0.717, 1.165) is 4.90 Å². The van der Waals surface area contributed by atoms with Gasteiger partial charge in [0.15, 0.2) is 5.54 Å². The maximum Gasteiger partial charge on any atom is 0.325 e. The molecule has 1 saturated heterocycles. The van der Waals surface area contributed by atoms with E-state index in [2.05, 4.69) is 5.32 Å². The Morgan fingerprint density at radius 2 is 1.42 bits per heavy atom. The van der Waals surface area contributed by atoms with Crippen LogP contribution in [0.25, 0.3) is 0 Å². The second kappa shape index (κ2) is 5.76. The lowest BCUT2D eigenvalue weighted by Gasteiger charge is -2.29. The van der Waals surface area contributed by atoms with E-state index in [1.807, 2.05) is 60.7 Å². The van der Waals surface area contributed by atoms with Crippen molar-refractivity contribution in [3.8, 4) is 0 Å². The van der Waals surface area contributed by atoms with E-state index in [0.29, 0.717) is 11.1 Å². The number of nitrogens with one attached hydrogen (secondary N) is 1. The number of β-amino-alcohol motifs (C(OH)–C–C–N with tert-alkyl or cyclic N) is 1. The summed E-state index contributed by atoms with van der Waals surface area (Å²) in [6.07, 6.45) is 0. The van der Waals surface area contributed by atoms with Crippen molar-refractivity contribution < 1.29 is 14.7 Å². The van der Waals surface area contributed by atoms with Gasteiger partial charge in [0.25, 0.3) is 5.91 Å². The van der Waals surface area contributed by atoms with Crippen molar-refractivity contribution in [2.24, 2.45) is 0 Å². The summed E-state index contributed by atoms with van der Waals surface area (Å²) in [7, 11) is 0. The number of amides is 3. The summed E-state index contributed by atoms with van der Waals surface area (Å²) < 4.78 is 0. The first kappa shape index (κ1) is 16.2. The van der Waals surface area contributed by atoms with Crippen LogP contribution in [-0.2, 0) is 10.3 Å². The molecule has 0 aromatic heterocycles. The van der Waals surface area contributed by atoms with Crippen LogP contribution < -0.4 is 5.32 Å². The van der Waals surface area contributed by atoms with E-state index in [4.69, 9.17) is 0 Å². The Morgan fingerprint density at radius 1 is 0.958 bits per heavy atom. The summed E-state index contributed by atoms with van der Waals surface area (Å²) in [4.78, 5) is 26.8. The molecule has 124 valence electrons. The first-order valence-corrected chi connectivity index (χ1v) is 7.82. The highest BCUT2D eigenvalue weighted by molar-refractivity contribution is 6.09. The number of imide groups is 1. The van der Waals surface area contributed by atoms with Crippen molar-refractivity contribution >= 4 is 11.9 Å². The number of hydrogen-bond donors (Lipinski definition) is 2. The van der Waals surface area contributed by atoms with Crippen molar-refractivity contribution in [1.29, 1.82) is 0 Å². The molecular weight excluding hydrogens is 304 g/mol. The molecule has 1 aliphatic heterocycles. The molecule has 0 spiro atoms. The van der Waals surface area contributed by atoms with Crippen LogP contribution in [0.1, 0.15) is 25.0 Å². The Morgan fingerprint density at radius 3 is 1.83 bits per heavy atom. The highest BCUT2D eigenvalue weighted by Gasteiger charge is 2.54. The Hall–Kier alpha value is -2.66. The molecule has 0 aliphatic carbocycles. The van der Waals surface area contributed by atoms with Gasteiger partial charge < -0.3 is 10.4 Å². The summed E-state index contributed by atoms with van der Waals surface area (Å²) in [5, 5.41) is 12.9. The van der Waals surface area contributed by atoms with Gasteiger partial charge in [-0.2, -0.15) is 0 Å². The van der Waals surface area contributed by atoms with Crippen molar-refractivity contribution in [3.63, 3.8) is 0 Å². The van der Waals surface area contributed by atoms with Gasteiger partial charge in [-0.15, -0.1) is 0 Å². The van der Waals surface area contributed by atoms with E-state index in [1.54, 1.807) is 13.8 Å². The number of carbonyl (C=O) groups is 2. The second-order valence-corrected chi connectivity index (χ2v) is 6.62. The highest BCUT2D eigenvalue weighted by atomic mass is 16.3. The van der Waals surface area contributed by atoms with Crippen molar-refractivity contribution in [1.82, 2.24) is 10.2 Å². The smallest absolute Gasteiger partial charge is 0.325 e. The van der Waals surface area contributed by atoms with Crippen LogP contribution in [0, 0.1) is 0 Å². The molecule has 5 nitrogen and oxygen atoms in total. The van der Waals surface area contributed by atoms with Gasteiger partial charge in [-0.1, -0.05) is 60.7 Å². The van der Waals surface area contributed by atoms with Gasteiger partial charge in [-0.3, -0.25) is 9.69 Å². The number of hydrogen-bond acceptors (Lipinski definition) is 3. The zero-order chi connectivity index (χ0) is 17.4. The SMILES string of the molecule is CC(C)(O)CN1C(=O)NC(c2ccccc2)(c2ccccc2)C1=O. The Bertz CT molecular complexity index is 712. The predicted molar refractivity (Wildman–Crippen MR) is 90.2 cm³/mol. The average Bonchev–Trinajstić information content (AvgIpc) is 2.81. The summed E-state index contributed by atoms with van der Waals surface area (Å²) in [6.45, 7) is 3.07. The van der Waals surface area contributed by atoms with E-state index in [-0.39, 0.29) is 12.5 Å². The van der Waals surface area contributed by atoms with Crippen LogP contribution in [0.4, 0.5) is 4.79 Å². The van der Waals surface area contributed by atoms with Crippen LogP contribution >= 0.6 is 0 Å². The Labute approximate surface area is 140 Å². The summed E-state index contributed by atoms with van der Waals surface area (Å²) in [5.41, 5.74) is -1.07. The molecule has 24 heavy (non-hydrogen) atoms. The minimum absolute atomic E-state index is 0.0704. The van der Waals surface area contributed by atoms with Gasteiger partial charge in [0, 0.05) is 0 Å². The van der Waals surface area contributed by atoms with E-state index in [9.17, 15) is 14.7 Å². The summed E-state index contributed by atoms with van der Waals surface area (Å²) in [6, 6.07) is 17.8. The third-order valence-corrected chi connectivity index (χ3v) is 4.06. The van der Waals surface area contributed by atoms with Gasteiger partial charge in [0.05, 0.1) is 12.1 Å². The van der Waals surface area contributed by atoms with Crippen LogP contribution in [0.3, 0.4) is 0 Å². The highest BCUT2D eigenvalue weighted by Crippen LogP contribution is 2.36. The quantitative estimate of drug-likeness (QED) is 0.848. The van der Waals surface area contributed by atoms with E-state index < -0.39 is 17.2 Å². The van der Waals surface area contributed by atoms with Crippen LogP contribution in [-0.4, -0.2) is 34.1 Å². The maximum absolute atomic E-state index is 13.2. The number of carbonyl (C=O) groups excluding carboxylic acids is 2. The summed E-state index contributed by atoms with van der Waals surface area (Å²) in [5.74, 6) is -0.382. The van der Waals surface area contributed by atoms with Crippen molar-refractivity contribution in [2.45, 2.75) is 25.0 Å². The first-order chi connectivity index (χ1) is 11.3. The third-order valence-electron chi connectivity index (χ3n) is 4.06. The molecule has 3 rings (SSSR count). The third kappa shape index (κ3) is 2.67. The molecule has 0 unspecified atom stereocenters. The minimum Gasteiger partial charge on any atom is -0.389 e. The molecule has 0 atom stereocenters. The van der Waals surface area contributed by atoms with E-state index in [1.165, 1.54) is 0 Å². The molecule has 0 saturated carbocycles. The molecule has 0 radical (unpaired) electrons. The number of urea groups is 1. The number of benzene rings is 2. The molecule has 2 N–H and O–H groups in total. The van der Waals surface area contributed by atoms with Crippen LogP contribution in [0.2, 0.25) is 0 Å². The summed E-state index contributed by atoms with van der Waals surface area (Å²) >= 11 is 0. The van der Waals surface area contributed by atoms with Gasteiger partial charge >= 0.3 is 6.03 Å². The normalized spacial score (nSPS) is 17.0. The monoisotopic (exact) mass is 324 g/mol. The topological polar surface area (TPSA) is 69.6 Å². The molecule has 5 heteroatoms. The van der Waals surface area contributed by atoms with Crippen LogP contribution in [0.15, 0.2) is 60.7 Å². The average molecular weight is 324 g/mol. The molecule has 3 amide bonds. The molecular formula is C19H20N2O3. The fourth-order valence-electron chi connectivity index (χ4n) is 3.04. The molecule has 1 aliphatic rings. The zero-order valence-corrected chi connectivity index (χ0v) is 13.7. The predicted octanol–water partition coefficient (Wildman–Crippen LogP) is 2.25. The van der Waals surface area contributed by atoms with Gasteiger partial charge in [0.1, 0.15) is 0 Å². The zero-order valence-electron chi connectivity index (χ0n) is 13.7. The van der Waals surface area contributed by atoms with Gasteiger partial charge in [-0.25, -0.2) is 4.79 Å². The Kier molecular flexibility index (Phi) is 3.89. The number of nitrogens with zero attached hydrogens (tertiary/aromatic N) is 1. The van der Waals surface area contributed by atoms with Crippen LogP contribution in [0.5, 0.6) is 0 Å². The largest absolute Gasteiger partial charge is 0.389 e. The fourth-order valence-corrected chi connectivity index (χ4v) is 3.04. The maximum atomic E-state index is 13.2. The van der Waals surface area contributed by atoms with Crippen molar-refractivity contribution in [3.05, 3.63) is 71.8 Å². The molecule has 2 aromatic rings. The number of aliphatic hydroxyl groups is 1. The van der Waals surface area contributed by atoms with Gasteiger partial charge in [0.2, 0.25) is 0 Å². The van der Waals surface area contributed by atoms with E-state index >= 15 is 0 Å². The lowest BCUT2D eigenvalue weighted by molar-refractivity contribution is -0.132. The molecule has 1 heterocycles. The molecule has 0 bridgehead atoms. The second-order valence-electron chi connectivity index (χ2n) is 6.62. The Balaban J connectivity index is 2.14. The standard InChI is InChI=1S/C19H20N2O3/c1-18(2,24)13-21-16(22)19(20-17(21)23,14-9-5-3-6-10-14)15-11-7-4-8-12-15/h3-12,24H,13H2,1-2H3,(H,20,23). The molecule has 2 aromatic carbocycles. The molecule has 1 fully saturated rings. The first-order valence-electron chi connectivity index (χ1n) is 7.82.